The lowest BCUT2D eigenvalue weighted by Crippen LogP contribution is -2.46. The van der Waals surface area contributed by atoms with Gasteiger partial charge in [0.25, 0.3) is 0 Å². The van der Waals surface area contributed by atoms with E-state index in [-0.39, 0.29) is 30.7 Å². The van der Waals surface area contributed by atoms with E-state index in [2.05, 4.69) is 5.32 Å². The minimum absolute atomic E-state index is 0.0971. The molecule has 0 saturated carbocycles. The molecule has 1 rings (SSSR count). The number of likely N-dealkylation sites (N-methyl/N-ethyl adjacent to an activating group) is 1. The van der Waals surface area contributed by atoms with Gasteiger partial charge in [-0.25, -0.2) is 4.39 Å². The Kier molecular flexibility index (Phi) is 6.30. The summed E-state index contributed by atoms with van der Waals surface area (Å²) in [5.74, 6) is -1.78. The van der Waals surface area contributed by atoms with Crippen LogP contribution in [0.3, 0.4) is 0 Å². The van der Waals surface area contributed by atoms with Crippen LogP contribution >= 0.6 is 0 Å². The third kappa shape index (κ3) is 5.15. The monoisotopic (exact) mass is 296 g/mol. The maximum absolute atomic E-state index is 13.5. The zero-order chi connectivity index (χ0) is 16.0. The van der Waals surface area contributed by atoms with Crippen LogP contribution in [-0.2, 0) is 16.1 Å². The van der Waals surface area contributed by atoms with E-state index in [1.807, 2.05) is 0 Å². The van der Waals surface area contributed by atoms with Crippen LogP contribution in [0.15, 0.2) is 24.3 Å². The van der Waals surface area contributed by atoms with E-state index in [9.17, 15) is 14.0 Å². The molecule has 116 valence electrons. The molecule has 0 spiro atoms. The van der Waals surface area contributed by atoms with Crippen molar-refractivity contribution in [3.63, 3.8) is 0 Å². The number of rotatable bonds is 7. The van der Waals surface area contributed by atoms with Gasteiger partial charge in [-0.1, -0.05) is 32.0 Å². The van der Waals surface area contributed by atoms with E-state index < -0.39 is 12.0 Å². The number of nitrogens with zero attached hydrogens (tertiary/aromatic N) is 1. The van der Waals surface area contributed by atoms with Crippen LogP contribution in [0, 0.1) is 11.7 Å². The topological polar surface area (TPSA) is 69.6 Å². The molecule has 5 nitrogen and oxygen atoms in total. The lowest BCUT2D eigenvalue weighted by molar-refractivity contribution is -0.141. The number of hydrogen-bond donors (Lipinski definition) is 2. The highest BCUT2D eigenvalue weighted by molar-refractivity contribution is 5.80. The summed E-state index contributed by atoms with van der Waals surface area (Å²) < 4.78 is 13.5. The van der Waals surface area contributed by atoms with Crippen LogP contribution in [0.1, 0.15) is 19.4 Å². The first-order valence-electron chi connectivity index (χ1n) is 6.76. The van der Waals surface area contributed by atoms with E-state index in [4.69, 9.17) is 5.11 Å². The van der Waals surface area contributed by atoms with Gasteiger partial charge in [-0.2, -0.15) is 0 Å². The minimum atomic E-state index is -0.991. The van der Waals surface area contributed by atoms with Gasteiger partial charge in [0.15, 0.2) is 0 Å². The van der Waals surface area contributed by atoms with Crippen molar-refractivity contribution < 1.29 is 19.1 Å². The number of carboxylic acids is 1. The zero-order valence-corrected chi connectivity index (χ0v) is 12.5. The number of carbonyl (C=O) groups is 2. The van der Waals surface area contributed by atoms with E-state index in [1.165, 1.54) is 11.0 Å². The van der Waals surface area contributed by atoms with Crippen LogP contribution in [0.2, 0.25) is 0 Å². The van der Waals surface area contributed by atoms with E-state index >= 15 is 0 Å². The summed E-state index contributed by atoms with van der Waals surface area (Å²) in [6.07, 6.45) is 0. The third-order valence-electron chi connectivity index (χ3n) is 3.20. The molecule has 1 aromatic rings. The van der Waals surface area contributed by atoms with Gasteiger partial charge >= 0.3 is 5.97 Å². The molecule has 0 aliphatic carbocycles. The van der Waals surface area contributed by atoms with Crippen molar-refractivity contribution >= 4 is 11.9 Å². The Morgan fingerprint density at radius 1 is 1.33 bits per heavy atom. The van der Waals surface area contributed by atoms with E-state index in [0.717, 1.165) is 0 Å². The molecule has 21 heavy (non-hydrogen) atoms. The maximum Gasteiger partial charge on any atom is 0.320 e. The first-order valence-corrected chi connectivity index (χ1v) is 6.76. The number of benzene rings is 1. The van der Waals surface area contributed by atoms with Gasteiger partial charge in [0.2, 0.25) is 5.91 Å². The summed E-state index contributed by atoms with van der Waals surface area (Å²) in [6, 6.07) is 5.46. The quantitative estimate of drug-likeness (QED) is 0.799. The molecule has 0 aromatic heterocycles. The average Bonchev–Trinajstić information content (AvgIpc) is 2.40. The fraction of sp³-hybridized carbons (Fsp3) is 0.467. The summed E-state index contributed by atoms with van der Waals surface area (Å²) >= 11 is 0. The fourth-order valence-corrected chi connectivity index (χ4v) is 1.91. The summed E-state index contributed by atoms with van der Waals surface area (Å²) in [6.45, 7) is 3.57. The van der Waals surface area contributed by atoms with Gasteiger partial charge < -0.3 is 10.0 Å². The van der Waals surface area contributed by atoms with Crippen LogP contribution in [0.5, 0.6) is 0 Å². The van der Waals surface area contributed by atoms with Gasteiger partial charge in [0.05, 0.1) is 6.54 Å². The Bertz CT molecular complexity index is 505. The zero-order valence-electron chi connectivity index (χ0n) is 12.5. The molecule has 1 aromatic carbocycles. The lowest BCUT2D eigenvalue weighted by Gasteiger charge is -2.21. The van der Waals surface area contributed by atoms with E-state index in [0.29, 0.717) is 5.56 Å². The molecule has 6 heteroatoms. The van der Waals surface area contributed by atoms with Crippen molar-refractivity contribution in [1.29, 1.82) is 0 Å². The predicted molar refractivity (Wildman–Crippen MR) is 77.1 cm³/mol. The van der Waals surface area contributed by atoms with Gasteiger partial charge in [-0.3, -0.25) is 14.9 Å². The van der Waals surface area contributed by atoms with Crippen molar-refractivity contribution in [3.8, 4) is 0 Å². The van der Waals surface area contributed by atoms with Crippen molar-refractivity contribution in [2.45, 2.75) is 26.4 Å². The predicted octanol–water partition coefficient (Wildman–Crippen LogP) is 1.48. The minimum Gasteiger partial charge on any atom is -0.480 e. The highest BCUT2D eigenvalue weighted by Crippen LogP contribution is 2.09. The summed E-state index contributed by atoms with van der Waals surface area (Å²) in [4.78, 5) is 24.3. The van der Waals surface area contributed by atoms with Crippen molar-refractivity contribution in [1.82, 2.24) is 10.2 Å². The molecule has 0 saturated heterocycles. The largest absolute Gasteiger partial charge is 0.480 e. The van der Waals surface area contributed by atoms with Gasteiger partial charge in [0.1, 0.15) is 11.9 Å². The number of amides is 1. The van der Waals surface area contributed by atoms with Gasteiger partial charge in [0, 0.05) is 19.2 Å². The standard InChI is InChI=1S/C15H21FN2O3/c1-10(2)14(15(20)21)17-8-13(19)18(3)9-11-6-4-5-7-12(11)16/h4-7,10,14,17H,8-9H2,1-3H3,(H,20,21). The van der Waals surface area contributed by atoms with E-state index in [1.54, 1.807) is 39.1 Å². The summed E-state index contributed by atoms with van der Waals surface area (Å²) in [5, 5.41) is 11.7. The summed E-state index contributed by atoms with van der Waals surface area (Å²) in [7, 11) is 1.56. The number of aliphatic carboxylic acids is 1. The molecular formula is C15H21FN2O3. The molecule has 0 bridgehead atoms. The molecule has 1 unspecified atom stereocenters. The van der Waals surface area contributed by atoms with Crippen molar-refractivity contribution in [2.75, 3.05) is 13.6 Å². The van der Waals surface area contributed by atoms with Crippen molar-refractivity contribution in [3.05, 3.63) is 35.6 Å². The number of halogens is 1. The first-order chi connectivity index (χ1) is 9.82. The van der Waals surface area contributed by atoms with Crippen LogP contribution in [-0.4, -0.2) is 41.5 Å². The third-order valence-corrected chi connectivity index (χ3v) is 3.20. The second-order valence-corrected chi connectivity index (χ2v) is 5.28. The second-order valence-electron chi connectivity index (χ2n) is 5.28. The molecule has 0 fully saturated rings. The fourth-order valence-electron chi connectivity index (χ4n) is 1.91. The maximum atomic E-state index is 13.5. The second kappa shape index (κ2) is 7.73. The molecule has 0 aliphatic heterocycles. The first kappa shape index (κ1) is 17.1. The Labute approximate surface area is 123 Å². The molecule has 2 N–H and O–H groups in total. The van der Waals surface area contributed by atoms with Crippen molar-refractivity contribution in [2.24, 2.45) is 5.92 Å². The Hall–Kier alpha value is -1.95. The molecular weight excluding hydrogens is 275 g/mol. The highest BCUT2D eigenvalue weighted by atomic mass is 19.1. The molecule has 0 radical (unpaired) electrons. The number of nitrogens with one attached hydrogen (secondary N) is 1. The van der Waals surface area contributed by atoms with Gasteiger partial charge in [-0.05, 0) is 12.0 Å². The molecule has 1 atom stereocenters. The van der Waals surface area contributed by atoms with Crippen LogP contribution in [0.25, 0.3) is 0 Å². The number of hydrogen-bond acceptors (Lipinski definition) is 3. The lowest BCUT2D eigenvalue weighted by atomic mass is 10.1. The van der Waals surface area contributed by atoms with Gasteiger partial charge in [-0.15, -0.1) is 0 Å². The molecule has 0 aliphatic rings. The molecule has 1 amide bonds. The number of carboxylic acid groups (broad SMARTS) is 1. The SMILES string of the molecule is CC(C)C(NCC(=O)N(C)Cc1ccccc1F)C(=O)O. The Morgan fingerprint density at radius 2 is 1.95 bits per heavy atom. The van der Waals surface area contributed by atoms with Crippen LogP contribution in [0.4, 0.5) is 4.39 Å². The highest BCUT2D eigenvalue weighted by Gasteiger charge is 2.22. The Balaban J connectivity index is 2.55. The van der Waals surface area contributed by atoms with Crippen LogP contribution < -0.4 is 5.32 Å². The summed E-state index contributed by atoms with van der Waals surface area (Å²) in [5.41, 5.74) is 0.423. The smallest absolute Gasteiger partial charge is 0.320 e. The average molecular weight is 296 g/mol. The Morgan fingerprint density at radius 3 is 2.48 bits per heavy atom. The molecule has 0 heterocycles. The number of carbonyl (C=O) groups excluding carboxylic acids is 1. The normalized spacial score (nSPS) is 12.2.